The van der Waals surface area contributed by atoms with Crippen LogP contribution in [-0.4, -0.2) is 0 Å². The number of aryl methyl sites for hydroxylation is 2. The fourth-order valence-electron chi connectivity index (χ4n) is 3.68. The minimum absolute atomic E-state index is 0. The first-order valence-corrected chi connectivity index (χ1v) is 11.4. The molecule has 0 amide bonds. The standard InChI is InChI=1S/2C12H11.2ClH.Zr/c2*1-10-6-2-5-9-12(10)11-7-3-4-8-11;;;/h2*2-3,5-7,9H,4H2,1H3;2*1H;. The molecule has 138 valence electrons. The zero-order valence-corrected chi connectivity index (χ0v) is 19.7. The molecule has 2 aliphatic carbocycles. The van der Waals surface area contributed by atoms with Crippen molar-refractivity contribution in [3.63, 3.8) is 0 Å². The smallest absolute Gasteiger partial charge is 0.147 e. The summed E-state index contributed by atoms with van der Waals surface area (Å²) in [6.07, 6.45) is 11.7. The van der Waals surface area contributed by atoms with Crippen LogP contribution >= 0.6 is 24.8 Å². The SMILES string of the molecule is Cc1ccccc1C1=[C]([Zr][C]2=C(c3ccccc3C)C=CC2)CC=C1.Cl.Cl. The molecule has 0 nitrogen and oxygen atoms in total. The first-order valence-electron chi connectivity index (χ1n) is 8.92. The summed E-state index contributed by atoms with van der Waals surface area (Å²) in [5.74, 6) is 0. The number of rotatable bonds is 4. The molecule has 2 aromatic rings. The van der Waals surface area contributed by atoms with Crippen molar-refractivity contribution >= 4 is 36.0 Å². The van der Waals surface area contributed by atoms with Crippen molar-refractivity contribution in [1.29, 1.82) is 0 Å². The number of halogens is 2. The quantitative estimate of drug-likeness (QED) is 0.437. The molecule has 0 radical (unpaired) electrons. The molecule has 0 fully saturated rings. The minimum Gasteiger partial charge on any atom is -0.147 e. The summed E-state index contributed by atoms with van der Waals surface area (Å²) in [6.45, 7) is 4.46. The van der Waals surface area contributed by atoms with Gasteiger partial charge in [-0.2, -0.15) is 0 Å². The molecule has 3 heteroatoms. The number of hydrogen-bond acceptors (Lipinski definition) is 0. The van der Waals surface area contributed by atoms with Crippen LogP contribution in [0.25, 0.3) is 11.1 Å². The molecule has 0 saturated heterocycles. The molecule has 0 unspecified atom stereocenters. The van der Waals surface area contributed by atoms with Crippen molar-refractivity contribution in [2.75, 3.05) is 0 Å². The van der Waals surface area contributed by atoms with Crippen molar-refractivity contribution in [2.24, 2.45) is 0 Å². The van der Waals surface area contributed by atoms with Crippen molar-refractivity contribution in [3.05, 3.63) is 102 Å². The van der Waals surface area contributed by atoms with E-state index in [0.29, 0.717) is 0 Å². The Morgan fingerprint density at radius 3 is 1.44 bits per heavy atom. The zero-order valence-electron chi connectivity index (χ0n) is 15.7. The maximum atomic E-state index is 2.36. The first kappa shape index (κ1) is 22.2. The van der Waals surface area contributed by atoms with E-state index in [4.69, 9.17) is 0 Å². The molecule has 0 N–H and O–H groups in total. The van der Waals surface area contributed by atoms with Crippen molar-refractivity contribution < 1.29 is 23.2 Å². The molecule has 2 aromatic carbocycles. The van der Waals surface area contributed by atoms with Gasteiger partial charge < -0.3 is 0 Å². The fourth-order valence-corrected chi connectivity index (χ4v) is 7.39. The average molecular weight is 475 g/mol. The molecule has 2 aliphatic rings. The maximum absolute atomic E-state index is 2.36. The summed E-state index contributed by atoms with van der Waals surface area (Å²) in [7, 11) is 0. The second-order valence-corrected chi connectivity index (χ2v) is 10.3. The summed E-state index contributed by atoms with van der Waals surface area (Å²) in [5, 5.41) is 0. The molecule has 0 heterocycles. The van der Waals surface area contributed by atoms with E-state index in [1.165, 1.54) is 33.4 Å². The predicted molar refractivity (Wildman–Crippen MR) is 118 cm³/mol. The van der Waals surface area contributed by atoms with E-state index in [-0.39, 0.29) is 24.8 Å². The van der Waals surface area contributed by atoms with Crippen LogP contribution in [0.1, 0.15) is 35.1 Å². The Hall–Kier alpha value is -1.14. The minimum atomic E-state index is -0.750. The molecule has 0 bridgehead atoms. The van der Waals surface area contributed by atoms with Crippen molar-refractivity contribution in [3.8, 4) is 0 Å². The first-order chi connectivity index (χ1) is 12.2. The third-order valence-electron chi connectivity index (χ3n) is 5.04. The van der Waals surface area contributed by atoms with Gasteiger partial charge in [0, 0.05) is 0 Å². The number of allylic oxidation sites excluding steroid dienone is 8. The largest absolute Gasteiger partial charge is 0.147 e. The van der Waals surface area contributed by atoms with E-state index in [9.17, 15) is 0 Å². The van der Waals surface area contributed by atoms with Crippen LogP contribution in [-0.2, 0) is 23.2 Å². The third-order valence-corrected chi connectivity index (χ3v) is 8.85. The molecular formula is C24H24Cl2Zr. The molecule has 0 aliphatic heterocycles. The van der Waals surface area contributed by atoms with Crippen LogP contribution in [0, 0.1) is 13.8 Å². The molecule has 0 spiro atoms. The zero-order chi connectivity index (χ0) is 17.2. The van der Waals surface area contributed by atoms with E-state index in [0.717, 1.165) is 12.8 Å². The van der Waals surface area contributed by atoms with E-state index >= 15 is 0 Å². The molecular weight excluding hydrogens is 450 g/mol. The molecule has 0 aromatic heterocycles. The number of hydrogen-bond donors (Lipinski definition) is 0. The van der Waals surface area contributed by atoms with Gasteiger partial charge in [-0.15, -0.1) is 24.8 Å². The van der Waals surface area contributed by atoms with Crippen LogP contribution in [0.5, 0.6) is 0 Å². The summed E-state index contributed by atoms with van der Waals surface area (Å²) >= 11 is -0.750. The van der Waals surface area contributed by atoms with Gasteiger partial charge in [-0.3, -0.25) is 0 Å². The van der Waals surface area contributed by atoms with E-state index < -0.39 is 23.2 Å². The van der Waals surface area contributed by atoms with Crippen LogP contribution < -0.4 is 0 Å². The second kappa shape index (κ2) is 9.88. The average Bonchev–Trinajstić information content (AvgIpc) is 3.26. The van der Waals surface area contributed by atoms with Gasteiger partial charge >= 0.3 is 163 Å². The van der Waals surface area contributed by atoms with E-state index in [2.05, 4.69) is 86.7 Å². The van der Waals surface area contributed by atoms with Gasteiger partial charge in [-0.25, -0.2) is 0 Å². The predicted octanol–water partition coefficient (Wildman–Crippen LogP) is 7.27. The van der Waals surface area contributed by atoms with Gasteiger partial charge in [-0.05, 0) is 0 Å². The third kappa shape index (κ3) is 4.65. The molecule has 0 saturated carbocycles. The normalized spacial score (nSPS) is 15.0. The monoisotopic (exact) mass is 472 g/mol. The van der Waals surface area contributed by atoms with Gasteiger partial charge in [0.25, 0.3) is 0 Å². The summed E-state index contributed by atoms with van der Waals surface area (Å²) < 4.78 is 3.45. The molecule has 0 atom stereocenters. The van der Waals surface area contributed by atoms with Crippen LogP contribution in [0.2, 0.25) is 0 Å². The van der Waals surface area contributed by atoms with Crippen LogP contribution in [0.3, 0.4) is 0 Å². The van der Waals surface area contributed by atoms with Gasteiger partial charge in [0.05, 0.1) is 0 Å². The fraction of sp³-hybridized carbons (Fsp3) is 0.167. The van der Waals surface area contributed by atoms with Gasteiger partial charge in [0.15, 0.2) is 0 Å². The maximum Gasteiger partial charge on any atom is -0.147 e. The summed E-state index contributed by atoms with van der Waals surface area (Å²) in [5.41, 5.74) is 8.64. The Morgan fingerprint density at radius 1 is 0.630 bits per heavy atom. The number of benzene rings is 2. The van der Waals surface area contributed by atoms with Gasteiger partial charge in [-0.1, -0.05) is 0 Å². The second-order valence-electron chi connectivity index (χ2n) is 6.75. The van der Waals surface area contributed by atoms with Gasteiger partial charge in [0.1, 0.15) is 0 Å². The van der Waals surface area contributed by atoms with E-state index in [1.807, 2.05) is 0 Å². The Bertz CT molecular complexity index is 871. The van der Waals surface area contributed by atoms with E-state index in [1.54, 1.807) is 6.56 Å². The Labute approximate surface area is 186 Å². The Balaban J connectivity index is 0.00000131. The molecule has 4 rings (SSSR count). The van der Waals surface area contributed by atoms with Crippen LogP contribution in [0.15, 0.2) is 79.4 Å². The van der Waals surface area contributed by atoms with Crippen LogP contribution in [0.4, 0.5) is 0 Å². The summed E-state index contributed by atoms with van der Waals surface area (Å²) in [6, 6.07) is 17.6. The Kier molecular flexibility index (Phi) is 8.10. The Morgan fingerprint density at radius 2 is 1.04 bits per heavy atom. The molecule has 27 heavy (non-hydrogen) atoms. The van der Waals surface area contributed by atoms with Crippen molar-refractivity contribution in [2.45, 2.75) is 26.7 Å². The van der Waals surface area contributed by atoms with Crippen molar-refractivity contribution in [1.82, 2.24) is 0 Å². The topological polar surface area (TPSA) is 0 Å². The van der Waals surface area contributed by atoms with Gasteiger partial charge in [0.2, 0.25) is 0 Å². The summed E-state index contributed by atoms with van der Waals surface area (Å²) in [4.78, 5) is 0.